The third-order valence-corrected chi connectivity index (χ3v) is 3.21. The van der Waals surface area contributed by atoms with Gasteiger partial charge in [-0.25, -0.2) is 0 Å². The van der Waals surface area contributed by atoms with E-state index in [4.69, 9.17) is 10.5 Å². The number of halogens is 1. The molecule has 0 aromatic heterocycles. The molecule has 0 aliphatic heterocycles. The summed E-state index contributed by atoms with van der Waals surface area (Å²) in [4.78, 5) is 11.6. The third kappa shape index (κ3) is 3.61. The molecule has 2 N–H and O–H groups in total. The molecule has 0 amide bonds. The molecule has 0 saturated carbocycles. The monoisotopic (exact) mass is 285 g/mol. The Morgan fingerprint density at radius 2 is 2.19 bits per heavy atom. The molecule has 1 aromatic rings. The highest BCUT2D eigenvalue weighted by atomic mass is 79.9. The summed E-state index contributed by atoms with van der Waals surface area (Å²) in [7, 11) is 0. The van der Waals surface area contributed by atoms with E-state index in [1.54, 1.807) is 0 Å². The first-order valence-electron chi connectivity index (χ1n) is 5.29. The van der Waals surface area contributed by atoms with Crippen molar-refractivity contribution in [3.8, 4) is 0 Å². The van der Waals surface area contributed by atoms with Gasteiger partial charge in [0, 0.05) is 16.6 Å². The second-order valence-corrected chi connectivity index (χ2v) is 4.39. The Morgan fingerprint density at radius 1 is 1.50 bits per heavy atom. The molecule has 1 unspecified atom stereocenters. The van der Waals surface area contributed by atoms with Crippen molar-refractivity contribution in [2.45, 2.75) is 20.0 Å². The van der Waals surface area contributed by atoms with Crippen LogP contribution in [0.25, 0.3) is 0 Å². The van der Waals surface area contributed by atoms with Crippen LogP contribution in [0.3, 0.4) is 0 Å². The molecule has 0 spiro atoms. The zero-order valence-electron chi connectivity index (χ0n) is 9.28. The molecular weight excluding hydrogens is 270 g/mol. The number of hydrogen-bond donors (Lipinski definition) is 1. The van der Waals surface area contributed by atoms with Crippen LogP contribution >= 0.6 is 15.9 Å². The molecule has 0 radical (unpaired) electrons. The van der Waals surface area contributed by atoms with Crippen molar-refractivity contribution in [2.75, 3.05) is 6.54 Å². The maximum atomic E-state index is 11.6. The van der Waals surface area contributed by atoms with E-state index in [0.29, 0.717) is 13.0 Å². The van der Waals surface area contributed by atoms with Crippen LogP contribution in [0.15, 0.2) is 28.7 Å². The maximum Gasteiger partial charge on any atom is 0.310 e. The van der Waals surface area contributed by atoms with Crippen LogP contribution in [0.2, 0.25) is 0 Å². The quantitative estimate of drug-likeness (QED) is 0.846. The average molecular weight is 286 g/mol. The number of carbonyl (C=O) groups excluding carboxylic acids is 1. The van der Waals surface area contributed by atoms with Gasteiger partial charge in [-0.1, -0.05) is 41.1 Å². The Hall–Kier alpha value is -0.870. The topological polar surface area (TPSA) is 52.3 Å². The number of hydrogen-bond acceptors (Lipinski definition) is 3. The molecule has 0 bridgehead atoms. The highest BCUT2D eigenvalue weighted by Gasteiger charge is 2.16. The van der Waals surface area contributed by atoms with E-state index in [1.807, 2.05) is 31.2 Å². The Balaban J connectivity index is 2.52. The van der Waals surface area contributed by atoms with E-state index >= 15 is 0 Å². The number of nitrogens with two attached hydrogens (primary N) is 1. The van der Waals surface area contributed by atoms with Gasteiger partial charge >= 0.3 is 5.97 Å². The third-order valence-electron chi connectivity index (χ3n) is 2.44. The molecule has 0 fully saturated rings. The van der Waals surface area contributed by atoms with Gasteiger partial charge in [0.1, 0.15) is 6.61 Å². The molecular formula is C12H16BrNO2. The molecule has 16 heavy (non-hydrogen) atoms. The van der Waals surface area contributed by atoms with Crippen LogP contribution in [-0.2, 0) is 16.1 Å². The smallest absolute Gasteiger partial charge is 0.310 e. The summed E-state index contributed by atoms with van der Waals surface area (Å²) in [6, 6.07) is 7.67. The zero-order valence-corrected chi connectivity index (χ0v) is 10.9. The number of ether oxygens (including phenoxy) is 1. The van der Waals surface area contributed by atoms with Crippen molar-refractivity contribution in [3.63, 3.8) is 0 Å². The normalized spacial score (nSPS) is 12.2. The summed E-state index contributed by atoms with van der Waals surface area (Å²) in [6.45, 7) is 2.55. The first kappa shape index (κ1) is 13.2. The average Bonchev–Trinajstić information content (AvgIpc) is 2.29. The van der Waals surface area contributed by atoms with Gasteiger partial charge in [0.2, 0.25) is 0 Å². The van der Waals surface area contributed by atoms with Crippen molar-refractivity contribution < 1.29 is 9.53 Å². The van der Waals surface area contributed by atoms with Gasteiger partial charge in [-0.3, -0.25) is 4.79 Å². The van der Waals surface area contributed by atoms with Gasteiger partial charge in [-0.15, -0.1) is 0 Å². The lowest BCUT2D eigenvalue weighted by Gasteiger charge is -2.12. The van der Waals surface area contributed by atoms with Crippen molar-refractivity contribution in [3.05, 3.63) is 34.3 Å². The Labute approximate surface area is 104 Å². The van der Waals surface area contributed by atoms with Gasteiger partial charge in [-0.05, 0) is 12.5 Å². The van der Waals surface area contributed by atoms with Crippen LogP contribution in [0, 0.1) is 5.92 Å². The van der Waals surface area contributed by atoms with Crippen LogP contribution < -0.4 is 5.73 Å². The molecule has 4 heteroatoms. The molecule has 88 valence electrons. The fraction of sp³-hybridized carbons (Fsp3) is 0.417. The SMILES string of the molecule is CCC(CN)C(=O)OCc1ccccc1Br. The second-order valence-electron chi connectivity index (χ2n) is 3.54. The first-order valence-corrected chi connectivity index (χ1v) is 6.08. The summed E-state index contributed by atoms with van der Waals surface area (Å²) >= 11 is 3.40. The van der Waals surface area contributed by atoms with Crippen LogP contribution in [0.5, 0.6) is 0 Å². The summed E-state index contributed by atoms with van der Waals surface area (Å²) in [5.74, 6) is -0.414. The van der Waals surface area contributed by atoms with Crippen LogP contribution in [0.1, 0.15) is 18.9 Å². The van der Waals surface area contributed by atoms with Crippen molar-refractivity contribution >= 4 is 21.9 Å². The largest absolute Gasteiger partial charge is 0.461 e. The molecule has 1 aromatic carbocycles. The van der Waals surface area contributed by atoms with Crippen molar-refractivity contribution in [1.82, 2.24) is 0 Å². The number of rotatable bonds is 5. The standard InChI is InChI=1S/C12H16BrNO2/c1-2-9(7-14)12(15)16-8-10-5-3-4-6-11(10)13/h3-6,9H,2,7-8,14H2,1H3. The summed E-state index contributed by atoms with van der Waals surface area (Å²) in [6.07, 6.45) is 0.714. The van der Waals surface area contributed by atoms with E-state index in [-0.39, 0.29) is 18.5 Å². The van der Waals surface area contributed by atoms with Crippen LogP contribution in [0.4, 0.5) is 0 Å². The maximum absolute atomic E-state index is 11.6. The molecule has 1 rings (SSSR count). The summed E-state index contributed by atoms with van der Waals surface area (Å²) in [5.41, 5.74) is 6.43. The molecule has 0 saturated heterocycles. The van der Waals surface area contributed by atoms with Crippen molar-refractivity contribution in [2.24, 2.45) is 11.7 Å². The van der Waals surface area contributed by atoms with E-state index in [0.717, 1.165) is 10.0 Å². The highest BCUT2D eigenvalue weighted by Crippen LogP contribution is 2.17. The van der Waals surface area contributed by atoms with E-state index < -0.39 is 0 Å². The predicted octanol–water partition coefficient (Wildman–Crippen LogP) is 2.48. The number of carbonyl (C=O) groups is 1. The van der Waals surface area contributed by atoms with Crippen molar-refractivity contribution in [1.29, 1.82) is 0 Å². The summed E-state index contributed by atoms with van der Waals surface area (Å²) in [5, 5.41) is 0. The lowest BCUT2D eigenvalue weighted by Crippen LogP contribution is -2.24. The van der Waals surface area contributed by atoms with Gasteiger partial charge in [0.25, 0.3) is 0 Å². The Kier molecular flexibility index (Phi) is 5.49. The second kappa shape index (κ2) is 6.66. The van der Waals surface area contributed by atoms with E-state index in [1.165, 1.54) is 0 Å². The lowest BCUT2D eigenvalue weighted by molar-refractivity contribution is -0.149. The summed E-state index contributed by atoms with van der Waals surface area (Å²) < 4.78 is 6.15. The van der Waals surface area contributed by atoms with Gasteiger partial charge < -0.3 is 10.5 Å². The van der Waals surface area contributed by atoms with Gasteiger partial charge in [-0.2, -0.15) is 0 Å². The fourth-order valence-corrected chi connectivity index (χ4v) is 1.71. The number of benzene rings is 1. The zero-order chi connectivity index (χ0) is 12.0. The Bertz CT molecular complexity index is 351. The van der Waals surface area contributed by atoms with E-state index in [2.05, 4.69) is 15.9 Å². The first-order chi connectivity index (χ1) is 7.69. The fourth-order valence-electron chi connectivity index (χ4n) is 1.31. The predicted molar refractivity (Wildman–Crippen MR) is 66.8 cm³/mol. The molecule has 0 heterocycles. The van der Waals surface area contributed by atoms with E-state index in [9.17, 15) is 4.79 Å². The van der Waals surface area contributed by atoms with Gasteiger partial charge in [0.15, 0.2) is 0 Å². The lowest BCUT2D eigenvalue weighted by atomic mass is 10.1. The van der Waals surface area contributed by atoms with Crippen LogP contribution in [-0.4, -0.2) is 12.5 Å². The number of esters is 1. The van der Waals surface area contributed by atoms with Gasteiger partial charge in [0.05, 0.1) is 5.92 Å². The molecule has 3 nitrogen and oxygen atoms in total. The molecule has 1 atom stereocenters. The molecule has 0 aliphatic rings. The minimum Gasteiger partial charge on any atom is -0.461 e. The highest BCUT2D eigenvalue weighted by molar-refractivity contribution is 9.10. The Morgan fingerprint density at radius 3 is 2.75 bits per heavy atom. The minimum absolute atomic E-state index is 0.192. The molecule has 0 aliphatic carbocycles. The minimum atomic E-state index is -0.222.